The third-order valence-corrected chi connectivity index (χ3v) is 3.04. The van der Waals surface area contributed by atoms with Crippen molar-refractivity contribution in [3.05, 3.63) is 0 Å². The van der Waals surface area contributed by atoms with Crippen LogP contribution in [0.1, 0.15) is 25.7 Å². The zero-order chi connectivity index (χ0) is 8.11. The van der Waals surface area contributed by atoms with Gasteiger partial charge in [-0.2, -0.15) is 0 Å². The monoisotopic (exact) mass is 161 g/mol. The van der Waals surface area contributed by atoms with Gasteiger partial charge in [-0.1, -0.05) is 0 Å². The maximum absolute atomic E-state index is 12.9. The summed E-state index contributed by atoms with van der Waals surface area (Å²) < 4.78 is 25.8. The van der Waals surface area contributed by atoms with Crippen LogP contribution in [0.5, 0.6) is 0 Å². The van der Waals surface area contributed by atoms with E-state index in [1.807, 2.05) is 7.05 Å². The van der Waals surface area contributed by atoms with E-state index in [2.05, 4.69) is 4.90 Å². The van der Waals surface area contributed by atoms with E-state index < -0.39 is 5.92 Å². The molecular formula is C8H13F2N. The molecule has 0 unspecified atom stereocenters. The minimum Gasteiger partial charge on any atom is -0.300 e. The third kappa shape index (κ3) is 1.15. The van der Waals surface area contributed by atoms with Crippen LogP contribution in [0.15, 0.2) is 0 Å². The van der Waals surface area contributed by atoms with Crippen molar-refractivity contribution < 1.29 is 8.78 Å². The number of hydrogen-bond acceptors (Lipinski definition) is 1. The number of nitrogens with zero attached hydrogens (tertiary/aromatic N) is 1. The van der Waals surface area contributed by atoms with Gasteiger partial charge >= 0.3 is 0 Å². The molecule has 1 heterocycles. The topological polar surface area (TPSA) is 3.24 Å². The molecule has 0 radical (unpaired) electrons. The van der Waals surface area contributed by atoms with E-state index in [1.165, 1.54) is 0 Å². The Kier molecular flexibility index (Phi) is 1.32. The summed E-state index contributed by atoms with van der Waals surface area (Å²) in [6, 6.07) is 0. The zero-order valence-corrected chi connectivity index (χ0v) is 6.74. The van der Waals surface area contributed by atoms with Gasteiger partial charge in [0, 0.05) is 24.9 Å². The summed E-state index contributed by atoms with van der Waals surface area (Å²) in [6.07, 6.45) is 2.08. The molecule has 0 bridgehead atoms. The molecule has 2 rings (SSSR count). The van der Waals surface area contributed by atoms with Crippen molar-refractivity contribution in [2.45, 2.75) is 37.1 Å². The number of likely N-dealkylation sites (tertiary alicyclic amines) is 1. The lowest BCUT2D eigenvalue weighted by Crippen LogP contribution is -2.46. The molecule has 0 N–H and O–H groups in total. The smallest absolute Gasteiger partial charge is 0.251 e. The standard InChI is InChI=1S/C8H13F2N/c1-11-5-4-8(9,10)6-7(11)2-3-7/h2-6H2,1H3. The molecular weight excluding hydrogens is 148 g/mol. The summed E-state index contributed by atoms with van der Waals surface area (Å²) >= 11 is 0. The van der Waals surface area contributed by atoms with E-state index in [4.69, 9.17) is 0 Å². The van der Waals surface area contributed by atoms with Crippen molar-refractivity contribution >= 4 is 0 Å². The summed E-state index contributed by atoms with van der Waals surface area (Å²) in [5.41, 5.74) is -0.0955. The Balaban J connectivity index is 2.10. The Morgan fingerprint density at radius 1 is 1.18 bits per heavy atom. The summed E-state index contributed by atoms with van der Waals surface area (Å²) in [6.45, 7) is 0.562. The van der Waals surface area contributed by atoms with Crippen molar-refractivity contribution in [1.29, 1.82) is 0 Å². The van der Waals surface area contributed by atoms with Gasteiger partial charge in [-0.3, -0.25) is 0 Å². The van der Waals surface area contributed by atoms with E-state index >= 15 is 0 Å². The van der Waals surface area contributed by atoms with Crippen molar-refractivity contribution in [3.63, 3.8) is 0 Å². The lowest BCUT2D eigenvalue weighted by atomic mass is 9.97. The van der Waals surface area contributed by atoms with E-state index in [0.29, 0.717) is 6.54 Å². The molecule has 0 atom stereocenters. The molecule has 0 aromatic rings. The molecule has 11 heavy (non-hydrogen) atoms. The number of piperidine rings is 1. The second-order valence-electron chi connectivity index (χ2n) is 3.93. The Morgan fingerprint density at radius 2 is 1.82 bits per heavy atom. The molecule has 64 valence electrons. The molecule has 2 fully saturated rings. The first kappa shape index (κ1) is 7.47. The average Bonchev–Trinajstić information content (AvgIpc) is 2.61. The first-order valence-electron chi connectivity index (χ1n) is 4.13. The summed E-state index contributed by atoms with van der Waals surface area (Å²) in [4.78, 5) is 2.10. The van der Waals surface area contributed by atoms with Gasteiger partial charge in [0.1, 0.15) is 0 Å². The predicted molar refractivity (Wildman–Crippen MR) is 38.8 cm³/mol. The van der Waals surface area contributed by atoms with Crippen molar-refractivity contribution in [3.8, 4) is 0 Å². The molecule has 2 aliphatic rings. The fraction of sp³-hybridized carbons (Fsp3) is 1.00. The summed E-state index contributed by atoms with van der Waals surface area (Å²) in [5, 5.41) is 0. The summed E-state index contributed by atoms with van der Waals surface area (Å²) in [7, 11) is 1.96. The fourth-order valence-corrected chi connectivity index (χ4v) is 1.98. The van der Waals surface area contributed by atoms with Gasteiger partial charge in [0.05, 0.1) is 0 Å². The molecule has 0 aromatic carbocycles. The van der Waals surface area contributed by atoms with Gasteiger partial charge in [0.15, 0.2) is 0 Å². The molecule has 0 amide bonds. The van der Waals surface area contributed by atoms with Crippen LogP contribution in [0.25, 0.3) is 0 Å². The Morgan fingerprint density at radius 3 is 2.27 bits per heavy atom. The Labute approximate surface area is 65.4 Å². The second-order valence-corrected chi connectivity index (χ2v) is 3.93. The van der Waals surface area contributed by atoms with Crippen LogP contribution in [-0.4, -0.2) is 30.0 Å². The fourth-order valence-electron chi connectivity index (χ4n) is 1.98. The van der Waals surface area contributed by atoms with Crippen molar-refractivity contribution in [1.82, 2.24) is 4.90 Å². The Bertz CT molecular complexity index is 175. The molecule has 1 spiro atoms. The summed E-state index contributed by atoms with van der Waals surface area (Å²) in [5.74, 6) is -2.39. The minimum atomic E-state index is -2.39. The molecule has 3 heteroatoms. The van der Waals surface area contributed by atoms with E-state index in [1.54, 1.807) is 0 Å². The van der Waals surface area contributed by atoms with Gasteiger partial charge in [0.2, 0.25) is 0 Å². The normalized spacial score (nSPS) is 34.1. The van der Waals surface area contributed by atoms with Crippen LogP contribution in [0.3, 0.4) is 0 Å². The average molecular weight is 161 g/mol. The van der Waals surface area contributed by atoms with Gasteiger partial charge in [0.25, 0.3) is 5.92 Å². The highest BCUT2D eigenvalue weighted by Crippen LogP contribution is 2.51. The van der Waals surface area contributed by atoms with Gasteiger partial charge in [-0.25, -0.2) is 8.78 Å². The molecule has 1 saturated carbocycles. The first-order valence-corrected chi connectivity index (χ1v) is 4.13. The predicted octanol–water partition coefficient (Wildman–Crippen LogP) is 1.88. The van der Waals surface area contributed by atoms with E-state index in [9.17, 15) is 8.78 Å². The highest BCUT2D eigenvalue weighted by molar-refractivity contribution is 5.08. The van der Waals surface area contributed by atoms with Gasteiger partial charge in [-0.05, 0) is 19.9 Å². The second kappa shape index (κ2) is 1.94. The first-order chi connectivity index (χ1) is 5.04. The van der Waals surface area contributed by atoms with Crippen molar-refractivity contribution in [2.24, 2.45) is 0 Å². The highest BCUT2D eigenvalue weighted by atomic mass is 19.3. The SMILES string of the molecule is CN1CCC(F)(F)CC12CC2. The maximum atomic E-state index is 12.9. The molecule has 1 saturated heterocycles. The number of alkyl halides is 2. The molecule has 1 nitrogen and oxygen atoms in total. The minimum absolute atomic E-state index is 0.0469. The number of rotatable bonds is 0. The molecule has 1 aliphatic heterocycles. The molecule has 0 aromatic heterocycles. The highest BCUT2D eigenvalue weighted by Gasteiger charge is 2.55. The van der Waals surface area contributed by atoms with E-state index in [0.717, 1.165) is 12.8 Å². The quantitative estimate of drug-likeness (QED) is 0.524. The Hall–Kier alpha value is -0.180. The number of hydrogen-bond donors (Lipinski definition) is 0. The van der Waals surface area contributed by atoms with Crippen LogP contribution >= 0.6 is 0 Å². The third-order valence-electron chi connectivity index (χ3n) is 3.04. The lowest BCUT2D eigenvalue weighted by Gasteiger charge is -2.37. The van der Waals surface area contributed by atoms with Gasteiger partial charge < -0.3 is 4.90 Å². The van der Waals surface area contributed by atoms with Crippen molar-refractivity contribution in [2.75, 3.05) is 13.6 Å². The van der Waals surface area contributed by atoms with Crippen LogP contribution in [0.2, 0.25) is 0 Å². The van der Waals surface area contributed by atoms with Crippen LogP contribution in [0, 0.1) is 0 Å². The lowest BCUT2D eigenvalue weighted by molar-refractivity contribution is -0.0792. The van der Waals surface area contributed by atoms with E-state index in [-0.39, 0.29) is 18.4 Å². The van der Waals surface area contributed by atoms with Gasteiger partial charge in [-0.15, -0.1) is 0 Å². The number of halogens is 2. The zero-order valence-electron chi connectivity index (χ0n) is 6.74. The maximum Gasteiger partial charge on any atom is 0.251 e. The van der Waals surface area contributed by atoms with Crippen LogP contribution in [-0.2, 0) is 0 Å². The van der Waals surface area contributed by atoms with Crippen LogP contribution < -0.4 is 0 Å². The largest absolute Gasteiger partial charge is 0.300 e. The molecule has 1 aliphatic carbocycles. The van der Waals surface area contributed by atoms with Crippen LogP contribution in [0.4, 0.5) is 8.78 Å².